The Morgan fingerprint density at radius 1 is 1.05 bits per heavy atom. The van der Waals surface area contributed by atoms with E-state index < -0.39 is 0 Å². The van der Waals surface area contributed by atoms with Crippen LogP contribution in [0.2, 0.25) is 0 Å². The molecule has 0 saturated heterocycles. The molecule has 2 aromatic carbocycles. The fourth-order valence-corrected chi connectivity index (χ4v) is 2.41. The van der Waals surface area contributed by atoms with Crippen molar-refractivity contribution in [1.29, 1.82) is 0 Å². The van der Waals surface area contributed by atoms with E-state index in [1.807, 2.05) is 72.2 Å². The molecule has 0 aliphatic heterocycles. The molecule has 1 N–H and O–H groups in total. The molecule has 0 fully saturated rings. The number of hydrogen-bond donors (Lipinski definition) is 1. The van der Waals surface area contributed by atoms with E-state index in [0.29, 0.717) is 4.77 Å². The van der Waals surface area contributed by atoms with E-state index in [2.05, 4.69) is 10.2 Å². The highest BCUT2D eigenvalue weighted by Gasteiger charge is 2.16. The monoisotopic (exact) mass is 297 g/mol. The first kappa shape index (κ1) is 13.6. The van der Waals surface area contributed by atoms with Crippen LogP contribution in [-0.4, -0.2) is 14.8 Å². The molecule has 4 nitrogen and oxygen atoms in total. The Morgan fingerprint density at radius 3 is 2.33 bits per heavy atom. The van der Waals surface area contributed by atoms with E-state index in [4.69, 9.17) is 17.0 Å². The first-order valence-electron chi connectivity index (χ1n) is 6.70. The Kier molecular flexibility index (Phi) is 3.83. The molecule has 0 amide bonds. The van der Waals surface area contributed by atoms with Crippen molar-refractivity contribution in [1.82, 2.24) is 14.8 Å². The summed E-state index contributed by atoms with van der Waals surface area (Å²) in [5, 5.41) is 7.15. The number of aromatic nitrogens is 3. The van der Waals surface area contributed by atoms with Gasteiger partial charge >= 0.3 is 0 Å². The molecular weight excluding hydrogens is 282 g/mol. The summed E-state index contributed by atoms with van der Waals surface area (Å²) < 4.78 is 8.37. The summed E-state index contributed by atoms with van der Waals surface area (Å²) in [4.78, 5) is 0. The minimum atomic E-state index is -0.222. The highest BCUT2D eigenvalue weighted by Crippen LogP contribution is 2.22. The fourth-order valence-electron chi connectivity index (χ4n) is 2.16. The van der Waals surface area contributed by atoms with Gasteiger partial charge in [-0.05, 0) is 43.4 Å². The number of nitrogens with zero attached hydrogens (tertiary/aromatic N) is 2. The third-order valence-corrected chi connectivity index (χ3v) is 3.41. The topological polar surface area (TPSA) is 42.8 Å². The SMILES string of the molecule is C[C@H](Oc1ccccc1)c1n[nH]c(=S)n1-c1ccccc1. The summed E-state index contributed by atoms with van der Waals surface area (Å²) in [5.41, 5.74) is 0.967. The standard InChI is InChI=1S/C16H15N3OS/c1-12(20-14-10-6-3-7-11-14)15-17-18-16(21)19(15)13-8-4-2-5-9-13/h2-12H,1H3,(H,18,21)/t12-/m0/s1. The van der Waals surface area contributed by atoms with Crippen molar-refractivity contribution in [2.24, 2.45) is 0 Å². The summed E-state index contributed by atoms with van der Waals surface area (Å²) in [7, 11) is 0. The summed E-state index contributed by atoms with van der Waals surface area (Å²) in [6.45, 7) is 1.96. The summed E-state index contributed by atoms with van der Waals surface area (Å²) in [6.07, 6.45) is -0.222. The number of rotatable bonds is 4. The largest absolute Gasteiger partial charge is 0.483 e. The van der Waals surface area contributed by atoms with E-state index in [-0.39, 0.29) is 6.10 Å². The van der Waals surface area contributed by atoms with E-state index in [0.717, 1.165) is 17.3 Å². The van der Waals surface area contributed by atoms with Gasteiger partial charge in [0.1, 0.15) is 5.75 Å². The average Bonchev–Trinajstić information content (AvgIpc) is 2.91. The average molecular weight is 297 g/mol. The minimum absolute atomic E-state index is 0.222. The van der Waals surface area contributed by atoms with Gasteiger partial charge < -0.3 is 4.74 Å². The Balaban J connectivity index is 1.95. The zero-order valence-corrected chi connectivity index (χ0v) is 12.4. The summed E-state index contributed by atoms with van der Waals surface area (Å²) in [5.74, 6) is 1.55. The van der Waals surface area contributed by atoms with Crippen LogP contribution in [0.25, 0.3) is 5.69 Å². The Labute approximate surface area is 128 Å². The summed E-state index contributed by atoms with van der Waals surface area (Å²) in [6, 6.07) is 19.6. The van der Waals surface area contributed by atoms with Crippen LogP contribution in [-0.2, 0) is 0 Å². The van der Waals surface area contributed by atoms with Crippen LogP contribution in [0, 0.1) is 4.77 Å². The smallest absolute Gasteiger partial charge is 0.199 e. The van der Waals surface area contributed by atoms with Gasteiger partial charge in [-0.25, -0.2) is 0 Å². The molecule has 0 saturated carbocycles. The quantitative estimate of drug-likeness (QED) is 0.738. The first-order chi connectivity index (χ1) is 10.3. The number of nitrogens with one attached hydrogen (secondary N) is 1. The van der Waals surface area contributed by atoms with Crippen molar-refractivity contribution in [3.05, 3.63) is 71.3 Å². The Hall–Kier alpha value is -2.40. The number of ether oxygens (including phenoxy) is 1. The molecule has 0 spiro atoms. The predicted molar refractivity (Wildman–Crippen MR) is 84.2 cm³/mol. The summed E-state index contributed by atoms with van der Waals surface area (Å²) >= 11 is 5.33. The van der Waals surface area contributed by atoms with Gasteiger partial charge in [0.25, 0.3) is 0 Å². The van der Waals surface area contributed by atoms with E-state index in [1.54, 1.807) is 0 Å². The highest BCUT2D eigenvalue weighted by molar-refractivity contribution is 7.71. The molecule has 21 heavy (non-hydrogen) atoms. The number of benzene rings is 2. The molecule has 3 aromatic rings. The second-order valence-corrected chi connectivity index (χ2v) is 5.02. The van der Waals surface area contributed by atoms with Gasteiger partial charge in [0, 0.05) is 5.69 Å². The molecule has 0 aliphatic carbocycles. The van der Waals surface area contributed by atoms with Crippen LogP contribution in [0.4, 0.5) is 0 Å². The number of para-hydroxylation sites is 2. The molecule has 1 atom stereocenters. The lowest BCUT2D eigenvalue weighted by Gasteiger charge is -2.15. The number of hydrogen-bond acceptors (Lipinski definition) is 3. The molecular formula is C16H15N3OS. The maximum atomic E-state index is 5.93. The van der Waals surface area contributed by atoms with Gasteiger partial charge in [-0.3, -0.25) is 9.67 Å². The van der Waals surface area contributed by atoms with E-state index in [9.17, 15) is 0 Å². The molecule has 0 bridgehead atoms. The molecule has 3 rings (SSSR count). The highest BCUT2D eigenvalue weighted by atomic mass is 32.1. The number of H-pyrrole nitrogens is 1. The van der Waals surface area contributed by atoms with Crippen LogP contribution in [0.15, 0.2) is 60.7 Å². The molecule has 5 heteroatoms. The second-order valence-electron chi connectivity index (χ2n) is 4.63. The van der Waals surface area contributed by atoms with E-state index in [1.165, 1.54) is 0 Å². The van der Waals surface area contributed by atoms with Crippen LogP contribution in [0.3, 0.4) is 0 Å². The van der Waals surface area contributed by atoms with E-state index >= 15 is 0 Å². The van der Waals surface area contributed by atoms with Gasteiger partial charge in [-0.2, -0.15) is 5.10 Å². The Bertz CT molecular complexity index is 765. The van der Waals surface area contributed by atoms with Gasteiger partial charge in [0.15, 0.2) is 16.7 Å². The number of aromatic amines is 1. The van der Waals surface area contributed by atoms with Crippen molar-refractivity contribution in [2.45, 2.75) is 13.0 Å². The zero-order chi connectivity index (χ0) is 14.7. The van der Waals surface area contributed by atoms with Crippen LogP contribution >= 0.6 is 12.2 Å². The minimum Gasteiger partial charge on any atom is -0.483 e. The molecule has 0 radical (unpaired) electrons. The molecule has 0 unspecified atom stereocenters. The maximum Gasteiger partial charge on any atom is 0.199 e. The lowest BCUT2D eigenvalue weighted by Crippen LogP contribution is -2.10. The van der Waals surface area contributed by atoms with Gasteiger partial charge in [0.05, 0.1) is 0 Å². The van der Waals surface area contributed by atoms with Crippen LogP contribution in [0.5, 0.6) is 5.75 Å². The fraction of sp³-hybridized carbons (Fsp3) is 0.125. The molecule has 0 aliphatic rings. The van der Waals surface area contributed by atoms with Crippen molar-refractivity contribution >= 4 is 12.2 Å². The van der Waals surface area contributed by atoms with Gasteiger partial charge in [-0.1, -0.05) is 36.4 Å². The van der Waals surface area contributed by atoms with Crippen LogP contribution < -0.4 is 4.74 Å². The lowest BCUT2D eigenvalue weighted by molar-refractivity contribution is 0.214. The zero-order valence-electron chi connectivity index (χ0n) is 11.6. The predicted octanol–water partition coefficient (Wildman–Crippen LogP) is 4.07. The first-order valence-corrected chi connectivity index (χ1v) is 7.11. The normalized spacial score (nSPS) is 12.0. The molecule has 1 heterocycles. The van der Waals surface area contributed by atoms with Crippen molar-refractivity contribution in [2.75, 3.05) is 0 Å². The molecule has 1 aromatic heterocycles. The Morgan fingerprint density at radius 2 is 1.67 bits per heavy atom. The van der Waals surface area contributed by atoms with Crippen molar-refractivity contribution in [3.8, 4) is 11.4 Å². The second kappa shape index (κ2) is 5.93. The van der Waals surface area contributed by atoms with Gasteiger partial charge in [0.2, 0.25) is 0 Å². The maximum absolute atomic E-state index is 5.93. The third-order valence-electron chi connectivity index (χ3n) is 3.13. The third kappa shape index (κ3) is 2.87. The van der Waals surface area contributed by atoms with Crippen molar-refractivity contribution in [3.63, 3.8) is 0 Å². The molecule has 106 valence electrons. The van der Waals surface area contributed by atoms with Crippen LogP contribution in [0.1, 0.15) is 18.9 Å². The van der Waals surface area contributed by atoms with Crippen molar-refractivity contribution < 1.29 is 4.74 Å². The van der Waals surface area contributed by atoms with Gasteiger partial charge in [-0.15, -0.1) is 0 Å². The lowest BCUT2D eigenvalue weighted by atomic mass is 10.3.